The van der Waals surface area contributed by atoms with E-state index in [4.69, 9.17) is 10.5 Å². The van der Waals surface area contributed by atoms with Gasteiger partial charge in [0.15, 0.2) is 0 Å². The van der Waals surface area contributed by atoms with E-state index < -0.39 is 0 Å². The average molecular weight is 270 g/mol. The van der Waals surface area contributed by atoms with E-state index in [2.05, 4.69) is 30.9 Å². The molecule has 1 aliphatic heterocycles. The first-order valence-corrected chi connectivity index (χ1v) is 7.22. The normalized spacial score (nSPS) is 27.3. The summed E-state index contributed by atoms with van der Waals surface area (Å²) >= 11 is 1.80. The van der Waals surface area contributed by atoms with E-state index >= 15 is 0 Å². The zero-order valence-corrected chi connectivity index (χ0v) is 11.8. The van der Waals surface area contributed by atoms with Gasteiger partial charge in [-0.05, 0) is 26.0 Å². The molecule has 0 aliphatic carbocycles. The number of aryl methyl sites for hydroxylation is 1. The third-order valence-electron chi connectivity index (χ3n) is 3.47. The van der Waals surface area contributed by atoms with Gasteiger partial charge in [-0.15, -0.1) is 11.3 Å². The van der Waals surface area contributed by atoms with Crippen LogP contribution in [0.3, 0.4) is 0 Å². The van der Waals surface area contributed by atoms with Crippen LogP contribution in [0, 0.1) is 6.92 Å². The van der Waals surface area contributed by atoms with Gasteiger partial charge in [0, 0.05) is 28.9 Å². The Bertz CT molecular complexity index is 383. The fraction of sp³-hybridized carbons (Fsp3) is 0.692. The first-order valence-electron chi connectivity index (χ1n) is 6.40. The summed E-state index contributed by atoms with van der Waals surface area (Å²) < 4.78 is 5.58. The molecule has 102 valence electrons. The van der Waals surface area contributed by atoms with Gasteiger partial charge in [0.05, 0.1) is 25.4 Å². The highest BCUT2D eigenvalue weighted by Crippen LogP contribution is 2.30. The molecule has 4 nitrogen and oxygen atoms in total. The third kappa shape index (κ3) is 2.92. The largest absolute Gasteiger partial charge is 0.394 e. The van der Waals surface area contributed by atoms with E-state index in [0.717, 1.165) is 6.54 Å². The van der Waals surface area contributed by atoms with Gasteiger partial charge in [-0.1, -0.05) is 0 Å². The highest BCUT2D eigenvalue weighted by Gasteiger charge is 2.31. The Morgan fingerprint density at radius 2 is 2.39 bits per heavy atom. The minimum atomic E-state index is -0.0868. The number of nitrogens with zero attached hydrogens (tertiary/aromatic N) is 1. The second-order valence-electron chi connectivity index (χ2n) is 4.88. The van der Waals surface area contributed by atoms with Crippen molar-refractivity contribution in [3.63, 3.8) is 0 Å². The first-order chi connectivity index (χ1) is 8.65. The zero-order chi connectivity index (χ0) is 13.1. The summed E-state index contributed by atoms with van der Waals surface area (Å²) in [6.45, 7) is 6.34. The Hall–Kier alpha value is -0.460. The molecular weight excluding hydrogens is 248 g/mol. The summed E-state index contributed by atoms with van der Waals surface area (Å²) in [6, 6.07) is 4.87. The highest BCUT2D eigenvalue weighted by molar-refractivity contribution is 7.12. The van der Waals surface area contributed by atoms with Crippen LogP contribution in [0.15, 0.2) is 12.1 Å². The standard InChI is InChI=1S/C13H22N2O2S/c1-9-8-17-11(7-16)6-15(9)12(5-14)13-4-3-10(2)18-13/h3-4,9,11-12,16H,5-8,14H2,1-2H3. The minimum Gasteiger partial charge on any atom is -0.394 e. The molecule has 2 rings (SSSR count). The van der Waals surface area contributed by atoms with Gasteiger partial charge in [-0.3, -0.25) is 4.90 Å². The molecule has 1 saturated heterocycles. The molecule has 1 aromatic rings. The monoisotopic (exact) mass is 270 g/mol. The number of hydrogen-bond donors (Lipinski definition) is 2. The van der Waals surface area contributed by atoms with Crippen LogP contribution < -0.4 is 5.73 Å². The molecule has 0 saturated carbocycles. The van der Waals surface area contributed by atoms with Crippen molar-refractivity contribution in [1.29, 1.82) is 0 Å². The van der Waals surface area contributed by atoms with Crippen LogP contribution in [-0.2, 0) is 4.74 Å². The number of rotatable bonds is 4. The second-order valence-corrected chi connectivity index (χ2v) is 6.20. The van der Waals surface area contributed by atoms with E-state index in [1.807, 2.05) is 0 Å². The molecule has 0 spiro atoms. The summed E-state index contributed by atoms with van der Waals surface area (Å²) in [4.78, 5) is 4.97. The number of morpholine rings is 1. The van der Waals surface area contributed by atoms with Gasteiger partial charge >= 0.3 is 0 Å². The Morgan fingerprint density at radius 1 is 1.61 bits per heavy atom. The van der Waals surface area contributed by atoms with Crippen molar-refractivity contribution in [2.45, 2.75) is 32.0 Å². The van der Waals surface area contributed by atoms with Crippen LogP contribution in [0.5, 0.6) is 0 Å². The van der Waals surface area contributed by atoms with Gasteiger partial charge in [-0.25, -0.2) is 0 Å². The summed E-state index contributed by atoms with van der Waals surface area (Å²) in [7, 11) is 0. The number of nitrogens with two attached hydrogens (primary N) is 1. The van der Waals surface area contributed by atoms with Gasteiger partial charge < -0.3 is 15.6 Å². The lowest BCUT2D eigenvalue weighted by Crippen LogP contribution is -2.52. The van der Waals surface area contributed by atoms with Gasteiger partial charge in [0.1, 0.15) is 0 Å². The summed E-state index contributed by atoms with van der Waals surface area (Å²) in [6.07, 6.45) is -0.0868. The number of ether oxygens (including phenoxy) is 1. The lowest BCUT2D eigenvalue weighted by molar-refractivity contribution is -0.0903. The van der Waals surface area contributed by atoms with Crippen molar-refractivity contribution < 1.29 is 9.84 Å². The minimum absolute atomic E-state index is 0.0734. The molecule has 0 aromatic carbocycles. The summed E-state index contributed by atoms with van der Waals surface area (Å²) in [5.41, 5.74) is 5.96. The lowest BCUT2D eigenvalue weighted by atomic mass is 10.1. The smallest absolute Gasteiger partial charge is 0.0933 e. The predicted octanol–water partition coefficient (Wildman–Crippen LogP) is 1.14. The molecule has 3 unspecified atom stereocenters. The van der Waals surface area contributed by atoms with Crippen molar-refractivity contribution in [1.82, 2.24) is 4.90 Å². The maximum absolute atomic E-state index is 9.24. The van der Waals surface area contributed by atoms with Crippen LogP contribution in [0.2, 0.25) is 0 Å². The van der Waals surface area contributed by atoms with E-state index in [9.17, 15) is 5.11 Å². The average Bonchev–Trinajstić information content (AvgIpc) is 2.79. The summed E-state index contributed by atoms with van der Waals surface area (Å²) in [5.74, 6) is 0. The lowest BCUT2D eigenvalue weighted by Gasteiger charge is -2.41. The predicted molar refractivity (Wildman–Crippen MR) is 73.8 cm³/mol. The molecule has 1 fully saturated rings. The quantitative estimate of drug-likeness (QED) is 0.861. The molecule has 1 aromatic heterocycles. The molecule has 2 heterocycles. The first kappa shape index (κ1) is 14.0. The Morgan fingerprint density at radius 3 is 2.94 bits per heavy atom. The van der Waals surface area contributed by atoms with Crippen LogP contribution in [0.1, 0.15) is 22.7 Å². The molecular formula is C13H22N2O2S. The molecule has 18 heavy (non-hydrogen) atoms. The van der Waals surface area contributed by atoms with Crippen molar-refractivity contribution in [2.24, 2.45) is 5.73 Å². The number of thiophene rings is 1. The van der Waals surface area contributed by atoms with Crippen molar-refractivity contribution in [2.75, 3.05) is 26.3 Å². The SMILES string of the molecule is Cc1ccc(C(CN)N2CC(CO)OCC2C)s1. The maximum Gasteiger partial charge on any atom is 0.0933 e. The highest BCUT2D eigenvalue weighted by atomic mass is 32.1. The molecule has 5 heteroatoms. The number of aliphatic hydroxyl groups excluding tert-OH is 1. The number of aliphatic hydroxyl groups is 1. The van der Waals surface area contributed by atoms with Gasteiger partial charge in [0.2, 0.25) is 0 Å². The molecule has 1 aliphatic rings. The van der Waals surface area contributed by atoms with Crippen molar-refractivity contribution in [3.8, 4) is 0 Å². The second kappa shape index (κ2) is 6.12. The molecule has 0 amide bonds. The topological polar surface area (TPSA) is 58.7 Å². The Balaban J connectivity index is 2.15. The maximum atomic E-state index is 9.24. The number of hydrogen-bond acceptors (Lipinski definition) is 5. The van der Waals surface area contributed by atoms with Crippen molar-refractivity contribution >= 4 is 11.3 Å². The third-order valence-corrected chi connectivity index (χ3v) is 4.57. The van der Waals surface area contributed by atoms with E-state index in [1.54, 1.807) is 11.3 Å². The molecule has 0 radical (unpaired) electrons. The fourth-order valence-electron chi connectivity index (χ4n) is 2.43. The molecule has 3 N–H and O–H groups in total. The van der Waals surface area contributed by atoms with Crippen LogP contribution in [-0.4, -0.2) is 48.5 Å². The van der Waals surface area contributed by atoms with Crippen LogP contribution >= 0.6 is 11.3 Å². The van der Waals surface area contributed by atoms with Crippen LogP contribution in [0.4, 0.5) is 0 Å². The summed E-state index contributed by atoms with van der Waals surface area (Å²) in [5, 5.41) is 9.24. The van der Waals surface area contributed by atoms with Gasteiger partial charge in [-0.2, -0.15) is 0 Å². The zero-order valence-electron chi connectivity index (χ0n) is 11.0. The Labute approximate surface area is 112 Å². The fourth-order valence-corrected chi connectivity index (χ4v) is 3.44. The Kier molecular flexibility index (Phi) is 4.75. The van der Waals surface area contributed by atoms with Gasteiger partial charge in [0.25, 0.3) is 0 Å². The van der Waals surface area contributed by atoms with Crippen molar-refractivity contribution in [3.05, 3.63) is 21.9 Å². The van der Waals surface area contributed by atoms with E-state index in [0.29, 0.717) is 19.2 Å². The van der Waals surface area contributed by atoms with E-state index in [1.165, 1.54) is 9.75 Å². The van der Waals surface area contributed by atoms with Crippen LogP contribution in [0.25, 0.3) is 0 Å². The molecule has 0 bridgehead atoms. The molecule has 3 atom stereocenters. The van der Waals surface area contributed by atoms with E-state index in [-0.39, 0.29) is 18.8 Å².